The molecule has 0 aromatic heterocycles. The van der Waals surface area contributed by atoms with Gasteiger partial charge >= 0.3 is 0 Å². The number of carbonyl (C=O) groups excluding carboxylic acids is 1. The van der Waals surface area contributed by atoms with Crippen molar-refractivity contribution < 1.29 is 4.79 Å². The summed E-state index contributed by atoms with van der Waals surface area (Å²) in [6, 6.07) is 0.610. The fraction of sp³-hybridized carbons (Fsp3) is 0.938. The third-order valence-electron chi connectivity index (χ3n) is 6.25. The molecule has 1 aliphatic heterocycles. The van der Waals surface area contributed by atoms with E-state index in [2.05, 4.69) is 17.1 Å². The monoisotopic (exact) mass is 262 g/mol. The number of nitrogens with one attached hydrogen (secondary N) is 1. The lowest BCUT2D eigenvalue weighted by Gasteiger charge is -2.38. The van der Waals surface area contributed by atoms with Gasteiger partial charge in [-0.05, 0) is 56.8 Å². The number of hydrogen-bond donors (Lipinski definition) is 1. The summed E-state index contributed by atoms with van der Waals surface area (Å²) in [4.78, 5) is 14.9. The van der Waals surface area contributed by atoms with Crippen LogP contribution >= 0.6 is 0 Å². The van der Waals surface area contributed by atoms with Crippen LogP contribution in [-0.4, -0.2) is 29.1 Å². The Bertz CT molecular complexity index is 377. The standard InChI is InChI=1S/C16H26N2O/c1-10-16(19)18(14-9-11-6-7-13(14)8-11)15(17-10)12-4-2-3-5-12/h10-15,17H,2-9H2,1H3. The summed E-state index contributed by atoms with van der Waals surface area (Å²) in [7, 11) is 0. The highest BCUT2D eigenvalue weighted by Gasteiger charge is 2.50. The van der Waals surface area contributed by atoms with Crippen molar-refractivity contribution in [3.63, 3.8) is 0 Å². The second-order valence-corrected chi connectivity index (χ2v) is 7.37. The van der Waals surface area contributed by atoms with E-state index in [-0.39, 0.29) is 6.04 Å². The first-order valence-electron chi connectivity index (χ1n) is 8.32. The average Bonchev–Trinajstić information content (AvgIpc) is 3.14. The smallest absolute Gasteiger partial charge is 0.240 e. The molecule has 4 fully saturated rings. The third kappa shape index (κ3) is 1.84. The van der Waals surface area contributed by atoms with E-state index in [1.54, 1.807) is 0 Å². The predicted octanol–water partition coefficient (Wildman–Crippen LogP) is 2.51. The first-order valence-corrected chi connectivity index (χ1v) is 8.32. The molecule has 3 heteroatoms. The molecule has 3 aliphatic carbocycles. The first-order chi connectivity index (χ1) is 9.24. The van der Waals surface area contributed by atoms with Gasteiger partial charge in [0.1, 0.15) is 0 Å². The molecule has 5 unspecified atom stereocenters. The molecule has 1 N–H and O–H groups in total. The number of amides is 1. The zero-order valence-electron chi connectivity index (χ0n) is 12.0. The van der Waals surface area contributed by atoms with Crippen LogP contribution in [0.1, 0.15) is 58.3 Å². The molecule has 1 saturated heterocycles. The summed E-state index contributed by atoms with van der Waals surface area (Å²) in [6.07, 6.45) is 11.2. The quantitative estimate of drug-likeness (QED) is 0.829. The Hall–Kier alpha value is -0.570. The topological polar surface area (TPSA) is 32.3 Å². The van der Waals surface area contributed by atoms with Crippen LogP contribution in [0.5, 0.6) is 0 Å². The number of hydrogen-bond acceptors (Lipinski definition) is 2. The van der Waals surface area contributed by atoms with Gasteiger partial charge < -0.3 is 4.90 Å². The maximum atomic E-state index is 12.6. The molecule has 2 bridgehead atoms. The maximum Gasteiger partial charge on any atom is 0.240 e. The Kier molecular flexibility index (Phi) is 2.87. The van der Waals surface area contributed by atoms with E-state index in [1.165, 1.54) is 51.4 Å². The van der Waals surface area contributed by atoms with Crippen LogP contribution in [0.15, 0.2) is 0 Å². The van der Waals surface area contributed by atoms with Gasteiger partial charge in [-0.3, -0.25) is 10.1 Å². The molecular formula is C16H26N2O. The summed E-state index contributed by atoms with van der Waals surface area (Å²) in [5.74, 6) is 2.83. The van der Waals surface area contributed by atoms with Crippen molar-refractivity contribution >= 4 is 5.91 Å². The van der Waals surface area contributed by atoms with Gasteiger partial charge in [-0.2, -0.15) is 0 Å². The second kappa shape index (κ2) is 4.47. The van der Waals surface area contributed by atoms with Gasteiger partial charge in [-0.25, -0.2) is 0 Å². The Morgan fingerprint density at radius 3 is 2.47 bits per heavy atom. The summed E-state index contributed by atoms with van der Waals surface area (Å²) in [6.45, 7) is 2.05. The molecule has 4 aliphatic rings. The number of nitrogens with zero attached hydrogens (tertiary/aromatic N) is 1. The van der Waals surface area contributed by atoms with Crippen LogP contribution in [0, 0.1) is 17.8 Å². The van der Waals surface area contributed by atoms with Crippen molar-refractivity contribution in [2.24, 2.45) is 17.8 Å². The van der Waals surface area contributed by atoms with Crippen LogP contribution < -0.4 is 5.32 Å². The molecule has 1 heterocycles. The SMILES string of the molecule is CC1NC(C2CCCC2)N(C2CC3CCC2C3)C1=O. The molecule has 0 spiro atoms. The first kappa shape index (κ1) is 12.2. The lowest BCUT2D eigenvalue weighted by Crippen LogP contribution is -2.49. The summed E-state index contributed by atoms with van der Waals surface area (Å²) < 4.78 is 0. The normalized spacial score (nSPS) is 46.7. The second-order valence-electron chi connectivity index (χ2n) is 7.37. The van der Waals surface area contributed by atoms with E-state index in [4.69, 9.17) is 0 Å². The van der Waals surface area contributed by atoms with Crippen LogP contribution in [0.4, 0.5) is 0 Å². The molecule has 0 radical (unpaired) electrons. The minimum absolute atomic E-state index is 0.0460. The lowest BCUT2D eigenvalue weighted by molar-refractivity contribution is -0.134. The van der Waals surface area contributed by atoms with Crippen LogP contribution in [0.25, 0.3) is 0 Å². The highest BCUT2D eigenvalue weighted by molar-refractivity contribution is 5.84. The van der Waals surface area contributed by atoms with Crippen molar-refractivity contribution in [3.05, 3.63) is 0 Å². The summed E-state index contributed by atoms with van der Waals surface area (Å²) >= 11 is 0. The Morgan fingerprint density at radius 2 is 1.84 bits per heavy atom. The molecule has 0 aromatic carbocycles. The van der Waals surface area contributed by atoms with E-state index in [0.29, 0.717) is 24.0 Å². The Labute approximate surface area is 116 Å². The third-order valence-corrected chi connectivity index (χ3v) is 6.25. The van der Waals surface area contributed by atoms with E-state index < -0.39 is 0 Å². The average molecular weight is 262 g/mol. The van der Waals surface area contributed by atoms with E-state index in [1.807, 2.05) is 0 Å². The van der Waals surface area contributed by atoms with Gasteiger partial charge in [0.2, 0.25) is 5.91 Å². The van der Waals surface area contributed by atoms with Crippen molar-refractivity contribution in [3.8, 4) is 0 Å². The molecule has 3 nitrogen and oxygen atoms in total. The Balaban J connectivity index is 1.57. The van der Waals surface area contributed by atoms with Gasteiger partial charge in [0.05, 0.1) is 12.2 Å². The molecular weight excluding hydrogens is 236 g/mol. The molecule has 106 valence electrons. The fourth-order valence-corrected chi connectivity index (χ4v) is 5.33. The van der Waals surface area contributed by atoms with Gasteiger partial charge in [-0.1, -0.05) is 19.3 Å². The number of fused-ring (bicyclic) bond motifs is 2. The zero-order chi connectivity index (χ0) is 13.0. The van der Waals surface area contributed by atoms with E-state index >= 15 is 0 Å². The molecule has 3 saturated carbocycles. The molecule has 19 heavy (non-hydrogen) atoms. The van der Waals surface area contributed by atoms with Gasteiger partial charge in [0, 0.05) is 6.04 Å². The maximum absolute atomic E-state index is 12.6. The molecule has 5 atom stereocenters. The van der Waals surface area contributed by atoms with Gasteiger partial charge in [0.25, 0.3) is 0 Å². The Morgan fingerprint density at radius 1 is 1.05 bits per heavy atom. The molecule has 1 amide bonds. The van der Waals surface area contributed by atoms with Crippen molar-refractivity contribution in [2.45, 2.75) is 76.5 Å². The lowest BCUT2D eigenvalue weighted by atomic mass is 9.92. The highest BCUT2D eigenvalue weighted by Crippen LogP contribution is 2.48. The zero-order valence-corrected chi connectivity index (χ0v) is 12.0. The minimum Gasteiger partial charge on any atom is -0.322 e. The number of carbonyl (C=O) groups is 1. The van der Waals surface area contributed by atoms with Crippen LogP contribution in [0.3, 0.4) is 0 Å². The van der Waals surface area contributed by atoms with Crippen LogP contribution in [-0.2, 0) is 4.79 Å². The minimum atomic E-state index is 0.0460. The van der Waals surface area contributed by atoms with Crippen molar-refractivity contribution in [1.82, 2.24) is 10.2 Å². The molecule has 0 aromatic rings. The van der Waals surface area contributed by atoms with Gasteiger partial charge in [0.15, 0.2) is 0 Å². The summed E-state index contributed by atoms with van der Waals surface area (Å²) in [5.41, 5.74) is 0. The molecule has 4 rings (SSSR count). The number of rotatable bonds is 2. The van der Waals surface area contributed by atoms with E-state index in [0.717, 1.165) is 11.8 Å². The van der Waals surface area contributed by atoms with Crippen molar-refractivity contribution in [2.75, 3.05) is 0 Å². The predicted molar refractivity (Wildman–Crippen MR) is 74.4 cm³/mol. The van der Waals surface area contributed by atoms with Crippen LogP contribution in [0.2, 0.25) is 0 Å². The summed E-state index contributed by atoms with van der Waals surface area (Å²) in [5, 5.41) is 3.61. The highest BCUT2D eigenvalue weighted by atomic mass is 16.2. The van der Waals surface area contributed by atoms with E-state index in [9.17, 15) is 4.79 Å². The van der Waals surface area contributed by atoms with Gasteiger partial charge in [-0.15, -0.1) is 0 Å². The fourth-order valence-electron chi connectivity index (χ4n) is 5.33. The largest absolute Gasteiger partial charge is 0.322 e. The van der Waals surface area contributed by atoms with Crippen molar-refractivity contribution in [1.29, 1.82) is 0 Å².